The van der Waals surface area contributed by atoms with E-state index in [1.165, 1.54) is 12.1 Å². The van der Waals surface area contributed by atoms with Crippen molar-refractivity contribution in [3.05, 3.63) is 52.8 Å². The highest BCUT2D eigenvalue weighted by Gasteiger charge is 2.44. The zero-order valence-corrected chi connectivity index (χ0v) is 19.0. The lowest BCUT2D eigenvalue weighted by molar-refractivity contribution is -0.159. The van der Waals surface area contributed by atoms with Crippen LogP contribution >= 0.6 is 0 Å². The summed E-state index contributed by atoms with van der Waals surface area (Å²) in [6.07, 6.45) is -0.614. The molecule has 176 valence electrons. The first-order valence-electron chi connectivity index (χ1n) is 11.3. The van der Waals surface area contributed by atoms with Gasteiger partial charge in [-0.05, 0) is 64.3 Å². The Bertz CT molecular complexity index is 915. The van der Waals surface area contributed by atoms with Gasteiger partial charge in [-0.3, -0.25) is 14.4 Å². The van der Waals surface area contributed by atoms with Crippen molar-refractivity contribution >= 4 is 5.97 Å². The molecule has 5 nitrogen and oxygen atoms in total. The van der Waals surface area contributed by atoms with E-state index in [4.69, 9.17) is 4.74 Å². The molecule has 1 aromatic carbocycles. The quantitative estimate of drug-likeness (QED) is 0.530. The molecule has 0 saturated carbocycles. The van der Waals surface area contributed by atoms with Gasteiger partial charge in [0.2, 0.25) is 0 Å². The van der Waals surface area contributed by atoms with Crippen molar-refractivity contribution in [3.63, 3.8) is 0 Å². The van der Waals surface area contributed by atoms with Crippen molar-refractivity contribution in [1.82, 2.24) is 14.7 Å². The van der Waals surface area contributed by atoms with Crippen LogP contribution in [0.15, 0.2) is 30.5 Å². The minimum Gasteiger partial charge on any atom is -0.466 e. The standard InChI is InChI=1S/C24H32F3N3O2/c1-4-12-30-18(3)20(16-28-30)17-29-13-10-23(11-14-29,22(31)32-5-2)15-19-8-6-7-9-21(19)24(25,26)27/h6-9,16H,4-5,10-15,17H2,1-3H3. The largest absolute Gasteiger partial charge is 0.466 e. The number of nitrogens with zero attached hydrogens (tertiary/aromatic N) is 3. The zero-order chi connectivity index (χ0) is 23.4. The predicted molar refractivity (Wildman–Crippen MR) is 116 cm³/mol. The molecule has 0 bridgehead atoms. The number of piperidine rings is 1. The normalized spacial score (nSPS) is 16.8. The van der Waals surface area contributed by atoms with Crippen molar-refractivity contribution in [2.75, 3.05) is 19.7 Å². The van der Waals surface area contributed by atoms with E-state index in [1.807, 2.05) is 10.9 Å². The molecule has 1 fully saturated rings. The average Bonchev–Trinajstić information content (AvgIpc) is 3.09. The first kappa shape index (κ1) is 24.3. The van der Waals surface area contributed by atoms with Gasteiger partial charge < -0.3 is 4.74 Å². The molecule has 2 aromatic rings. The fourth-order valence-corrected chi connectivity index (χ4v) is 4.51. The average molecular weight is 452 g/mol. The molecule has 0 N–H and O–H groups in total. The van der Waals surface area contributed by atoms with Crippen molar-refractivity contribution < 1.29 is 22.7 Å². The van der Waals surface area contributed by atoms with Gasteiger partial charge in [0.05, 0.1) is 23.8 Å². The molecule has 1 aliphatic heterocycles. The van der Waals surface area contributed by atoms with E-state index >= 15 is 0 Å². The Hall–Kier alpha value is -2.35. The first-order valence-corrected chi connectivity index (χ1v) is 11.3. The summed E-state index contributed by atoms with van der Waals surface area (Å²) in [5, 5.41) is 4.45. The van der Waals surface area contributed by atoms with Crippen molar-refractivity contribution in [2.45, 2.75) is 65.7 Å². The first-order chi connectivity index (χ1) is 15.2. The summed E-state index contributed by atoms with van der Waals surface area (Å²) in [4.78, 5) is 15.2. The third-order valence-electron chi connectivity index (χ3n) is 6.41. The van der Waals surface area contributed by atoms with Crippen LogP contribution in [0.25, 0.3) is 0 Å². The number of aryl methyl sites for hydroxylation is 1. The van der Waals surface area contributed by atoms with E-state index in [0.717, 1.165) is 30.3 Å². The van der Waals surface area contributed by atoms with Crippen LogP contribution in [0.2, 0.25) is 0 Å². The fourth-order valence-electron chi connectivity index (χ4n) is 4.51. The molecule has 3 rings (SSSR count). The topological polar surface area (TPSA) is 47.4 Å². The number of benzene rings is 1. The third-order valence-corrected chi connectivity index (χ3v) is 6.41. The highest BCUT2D eigenvalue weighted by molar-refractivity contribution is 5.77. The van der Waals surface area contributed by atoms with Crippen LogP contribution in [0.3, 0.4) is 0 Å². The Labute approximate surface area is 187 Å². The maximum absolute atomic E-state index is 13.5. The lowest BCUT2D eigenvalue weighted by Crippen LogP contribution is -2.46. The van der Waals surface area contributed by atoms with Crippen molar-refractivity contribution in [3.8, 4) is 0 Å². The summed E-state index contributed by atoms with van der Waals surface area (Å²) in [5.74, 6) is -0.399. The van der Waals surface area contributed by atoms with Crippen LogP contribution in [0.5, 0.6) is 0 Å². The number of likely N-dealkylation sites (tertiary alicyclic amines) is 1. The Morgan fingerprint density at radius 2 is 1.84 bits per heavy atom. The molecule has 1 aromatic heterocycles. The number of carbonyl (C=O) groups excluding carboxylic acids is 1. The maximum atomic E-state index is 13.5. The van der Waals surface area contributed by atoms with Gasteiger partial charge in [-0.1, -0.05) is 25.1 Å². The number of hydrogen-bond acceptors (Lipinski definition) is 4. The zero-order valence-electron chi connectivity index (χ0n) is 19.0. The van der Waals surface area contributed by atoms with E-state index < -0.39 is 23.1 Å². The Morgan fingerprint density at radius 3 is 2.47 bits per heavy atom. The molecule has 0 radical (unpaired) electrons. The number of halogens is 3. The summed E-state index contributed by atoms with van der Waals surface area (Å²) in [5.41, 5.74) is 0.802. The van der Waals surface area contributed by atoms with Gasteiger partial charge in [-0.25, -0.2) is 0 Å². The molecular weight excluding hydrogens is 419 g/mol. The van der Waals surface area contributed by atoms with Gasteiger partial charge >= 0.3 is 12.1 Å². The third kappa shape index (κ3) is 5.34. The fraction of sp³-hybridized carbons (Fsp3) is 0.583. The predicted octanol–water partition coefficient (Wildman–Crippen LogP) is 5.01. The van der Waals surface area contributed by atoms with Gasteiger partial charge in [0, 0.05) is 24.3 Å². The molecule has 0 amide bonds. The second kappa shape index (κ2) is 10.1. The molecule has 1 saturated heterocycles. The molecule has 32 heavy (non-hydrogen) atoms. The van der Waals surface area contributed by atoms with E-state index in [1.54, 1.807) is 13.0 Å². The number of aromatic nitrogens is 2. The molecule has 2 heterocycles. The second-order valence-electron chi connectivity index (χ2n) is 8.59. The summed E-state index contributed by atoms with van der Waals surface area (Å²) in [6.45, 7) is 8.92. The summed E-state index contributed by atoms with van der Waals surface area (Å²) in [7, 11) is 0. The van der Waals surface area contributed by atoms with Gasteiger partial charge in [0.15, 0.2) is 0 Å². The molecule has 0 atom stereocenters. The Balaban J connectivity index is 1.77. The van der Waals surface area contributed by atoms with Crippen LogP contribution in [0.4, 0.5) is 13.2 Å². The number of hydrogen-bond donors (Lipinski definition) is 0. The van der Waals surface area contributed by atoms with Crippen LogP contribution in [0.1, 0.15) is 55.5 Å². The van der Waals surface area contributed by atoms with Crippen LogP contribution in [-0.2, 0) is 35.2 Å². The van der Waals surface area contributed by atoms with E-state index in [0.29, 0.717) is 32.5 Å². The van der Waals surface area contributed by atoms with Gasteiger partial charge in [0.25, 0.3) is 0 Å². The molecule has 1 aliphatic rings. The Morgan fingerprint density at radius 1 is 1.16 bits per heavy atom. The number of alkyl halides is 3. The minimum absolute atomic E-state index is 0.0306. The number of carbonyl (C=O) groups is 1. The SMILES string of the molecule is CCCn1ncc(CN2CCC(Cc3ccccc3C(F)(F)F)(C(=O)OCC)CC2)c1C. The second-order valence-corrected chi connectivity index (χ2v) is 8.59. The van der Waals surface area contributed by atoms with Crippen LogP contribution < -0.4 is 0 Å². The smallest absolute Gasteiger partial charge is 0.416 e. The number of ether oxygens (including phenoxy) is 1. The molecule has 0 aliphatic carbocycles. The van der Waals surface area contributed by atoms with Crippen LogP contribution in [0, 0.1) is 12.3 Å². The lowest BCUT2D eigenvalue weighted by Gasteiger charge is -2.40. The van der Waals surface area contributed by atoms with E-state index in [2.05, 4.69) is 23.8 Å². The maximum Gasteiger partial charge on any atom is 0.416 e. The highest BCUT2D eigenvalue weighted by Crippen LogP contribution is 2.40. The van der Waals surface area contributed by atoms with Gasteiger partial charge in [-0.15, -0.1) is 0 Å². The van der Waals surface area contributed by atoms with E-state index in [9.17, 15) is 18.0 Å². The highest BCUT2D eigenvalue weighted by atomic mass is 19.4. The molecule has 0 spiro atoms. The number of rotatable bonds is 8. The minimum atomic E-state index is -4.46. The molecule has 8 heteroatoms. The van der Waals surface area contributed by atoms with Crippen molar-refractivity contribution in [2.24, 2.45) is 5.41 Å². The summed E-state index contributed by atoms with van der Waals surface area (Å²) >= 11 is 0. The summed E-state index contributed by atoms with van der Waals surface area (Å²) in [6, 6.07) is 5.53. The summed E-state index contributed by atoms with van der Waals surface area (Å²) < 4.78 is 48.0. The monoisotopic (exact) mass is 451 g/mol. The van der Waals surface area contributed by atoms with Crippen molar-refractivity contribution in [1.29, 1.82) is 0 Å². The lowest BCUT2D eigenvalue weighted by atomic mass is 9.73. The van der Waals surface area contributed by atoms with Gasteiger partial charge in [-0.2, -0.15) is 18.3 Å². The van der Waals surface area contributed by atoms with Gasteiger partial charge in [0.1, 0.15) is 0 Å². The Kier molecular flexibility index (Phi) is 7.64. The molecule has 0 unspecified atom stereocenters. The van der Waals surface area contributed by atoms with E-state index in [-0.39, 0.29) is 18.6 Å². The van der Waals surface area contributed by atoms with Crippen LogP contribution in [-0.4, -0.2) is 40.3 Å². The number of esters is 1. The molecular formula is C24H32F3N3O2.